The highest BCUT2D eigenvalue weighted by Crippen LogP contribution is 2.28. The normalized spacial score (nSPS) is 16.1. The Bertz CT molecular complexity index is 273. The molecule has 0 aromatic carbocycles. The lowest BCUT2D eigenvalue weighted by molar-refractivity contribution is -0.144. The van der Waals surface area contributed by atoms with Gasteiger partial charge in [-0.3, -0.25) is 9.69 Å². The van der Waals surface area contributed by atoms with Gasteiger partial charge in [0.25, 0.3) is 0 Å². The molecule has 1 amide bonds. The van der Waals surface area contributed by atoms with Crippen LogP contribution in [0.2, 0.25) is 0 Å². The molecule has 5 nitrogen and oxygen atoms in total. The van der Waals surface area contributed by atoms with E-state index in [2.05, 4.69) is 18.7 Å². The summed E-state index contributed by atoms with van der Waals surface area (Å²) in [6, 6.07) is 0. The Kier molecular flexibility index (Phi) is 12.7. The van der Waals surface area contributed by atoms with E-state index in [0.29, 0.717) is 6.54 Å². The van der Waals surface area contributed by atoms with Crippen molar-refractivity contribution in [2.24, 2.45) is 11.1 Å². The maximum atomic E-state index is 12.6. The van der Waals surface area contributed by atoms with Crippen molar-refractivity contribution in [2.45, 2.75) is 26.7 Å². The number of carbonyl (C=O) groups is 1. The van der Waals surface area contributed by atoms with Gasteiger partial charge in [0.15, 0.2) is 0 Å². The first-order valence-corrected chi connectivity index (χ1v) is 7.34. The van der Waals surface area contributed by atoms with E-state index in [4.69, 9.17) is 10.5 Å². The lowest BCUT2D eigenvalue weighted by Gasteiger charge is -2.40. The Morgan fingerprint density at radius 1 is 1.14 bits per heavy atom. The first-order chi connectivity index (χ1) is 9.13. The minimum Gasteiger partial charge on any atom is -0.383 e. The number of halogens is 2. The number of ether oxygens (including phenoxy) is 1. The van der Waals surface area contributed by atoms with Crippen molar-refractivity contribution in [1.82, 2.24) is 9.80 Å². The second-order valence-electron chi connectivity index (χ2n) is 5.32. The zero-order valence-corrected chi connectivity index (χ0v) is 15.1. The molecule has 0 aromatic heterocycles. The SMILES string of the molecule is CCC(CC)(CN)C(=O)N1CCN(CCOC)CC1.Cl.Cl. The number of nitrogens with zero attached hydrogens (tertiary/aromatic N) is 2. The molecule has 128 valence electrons. The fourth-order valence-electron chi connectivity index (χ4n) is 2.66. The molecule has 21 heavy (non-hydrogen) atoms. The summed E-state index contributed by atoms with van der Waals surface area (Å²) in [5.41, 5.74) is 5.50. The van der Waals surface area contributed by atoms with Crippen LogP contribution >= 0.6 is 24.8 Å². The average Bonchev–Trinajstić information content (AvgIpc) is 2.48. The largest absolute Gasteiger partial charge is 0.383 e. The fraction of sp³-hybridized carbons (Fsp3) is 0.929. The Morgan fingerprint density at radius 3 is 2.05 bits per heavy atom. The van der Waals surface area contributed by atoms with E-state index in [9.17, 15) is 4.79 Å². The highest BCUT2D eigenvalue weighted by Gasteiger charge is 2.37. The number of hydrogen-bond donors (Lipinski definition) is 1. The number of rotatable bonds is 7. The predicted molar refractivity (Wildman–Crippen MR) is 91.5 cm³/mol. The first kappa shape index (κ1) is 23.2. The van der Waals surface area contributed by atoms with Crippen LogP contribution in [-0.2, 0) is 9.53 Å². The summed E-state index contributed by atoms with van der Waals surface area (Å²) in [5.74, 6) is 0.242. The van der Waals surface area contributed by atoms with Gasteiger partial charge in [-0.15, -0.1) is 24.8 Å². The van der Waals surface area contributed by atoms with Gasteiger partial charge in [-0.25, -0.2) is 0 Å². The molecule has 0 aliphatic carbocycles. The molecule has 0 aromatic rings. The van der Waals surface area contributed by atoms with Crippen LogP contribution in [0.15, 0.2) is 0 Å². The van der Waals surface area contributed by atoms with Gasteiger partial charge >= 0.3 is 0 Å². The second-order valence-corrected chi connectivity index (χ2v) is 5.32. The molecule has 0 saturated carbocycles. The third-order valence-electron chi connectivity index (χ3n) is 4.47. The summed E-state index contributed by atoms with van der Waals surface area (Å²) in [7, 11) is 1.72. The summed E-state index contributed by atoms with van der Waals surface area (Å²) in [6.07, 6.45) is 1.64. The van der Waals surface area contributed by atoms with Gasteiger partial charge in [0.2, 0.25) is 5.91 Å². The van der Waals surface area contributed by atoms with E-state index >= 15 is 0 Å². The van der Waals surface area contributed by atoms with Crippen LogP contribution in [-0.4, -0.2) is 68.7 Å². The zero-order valence-electron chi connectivity index (χ0n) is 13.5. The Labute approximate surface area is 141 Å². The molecule has 0 atom stereocenters. The molecule has 0 unspecified atom stereocenters. The minimum absolute atomic E-state index is 0. The van der Waals surface area contributed by atoms with Crippen LogP contribution in [0.3, 0.4) is 0 Å². The molecule has 1 aliphatic heterocycles. The molecule has 2 N–H and O–H groups in total. The van der Waals surface area contributed by atoms with Crippen LogP contribution in [0.1, 0.15) is 26.7 Å². The number of nitrogens with two attached hydrogens (primary N) is 1. The van der Waals surface area contributed by atoms with Gasteiger partial charge in [-0.2, -0.15) is 0 Å². The number of piperazine rings is 1. The Hall–Kier alpha value is -0.0700. The lowest BCUT2D eigenvalue weighted by atomic mass is 9.81. The van der Waals surface area contributed by atoms with Crippen LogP contribution < -0.4 is 5.73 Å². The number of methoxy groups -OCH3 is 1. The highest BCUT2D eigenvalue weighted by molar-refractivity contribution is 5.85. The fourth-order valence-corrected chi connectivity index (χ4v) is 2.66. The quantitative estimate of drug-likeness (QED) is 0.758. The summed E-state index contributed by atoms with van der Waals surface area (Å²) < 4.78 is 5.09. The van der Waals surface area contributed by atoms with Crippen molar-refractivity contribution in [3.63, 3.8) is 0 Å². The van der Waals surface area contributed by atoms with Crippen molar-refractivity contribution < 1.29 is 9.53 Å². The molecule has 1 heterocycles. The van der Waals surface area contributed by atoms with Gasteiger partial charge in [0.05, 0.1) is 12.0 Å². The maximum absolute atomic E-state index is 12.6. The second kappa shape index (κ2) is 11.5. The minimum atomic E-state index is -0.352. The van der Waals surface area contributed by atoms with E-state index in [-0.39, 0.29) is 36.1 Å². The standard InChI is InChI=1S/C14H29N3O2.2ClH/c1-4-14(5-2,12-15)13(18)17-8-6-16(7-9-17)10-11-19-3;;/h4-12,15H2,1-3H3;2*1H. The summed E-state index contributed by atoms with van der Waals surface area (Å²) >= 11 is 0. The molecular formula is C14H31Cl2N3O2. The summed E-state index contributed by atoms with van der Waals surface area (Å²) in [5, 5.41) is 0. The van der Waals surface area contributed by atoms with Gasteiger partial charge in [-0.1, -0.05) is 13.8 Å². The number of carbonyl (C=O) groups excluding carboxylic acids is 1. The van der Waals surface area contributed by atoms with Crippen molar-refractivity contribution in [3.05, 3.63) is 0 Å². The highest BCUT2D eigenvalue weighted by atomic mass is 35.5. The molecule has 0 spiro atoms. The topological polar surface area (TPSA) is 58.8 Å². The van der Waals surface area contributed by atoms with Crippen molar-refractivity contribution >= 4 is 30.7 Å². The molecule has 1 saturated heterocycles. The van der Waals surface area contributed by atoms with Crippen LogP contribution in [0, 0.1) is 5.41 Å². The molecule has 1 rings (SSSR count). The number of amides is 1. The predicted octanol–water partition coefficient (Wildman–Crippen LogP) is 1.39. The van der Waals surface area contributed by atoms with Gasteiger partial charge < -0.3 is 15.4 Å². The number of hydrogen-bond acceptors (Lipinski definition) is 4. The van der Waals surface area contributed by atoms with Crippen LogP contribution in [0.5, 0.6) is 0 Å². The Balaban J connectivity index is 0. The zero-order chi connectivity index (χ0) is 14.3. The van der Waals surface area contributed by atoms with Crippen molar-refractivity contribution in [3.8, 4) is 0 Å². The summed E-state index contributed by atoms with van der Waals surface area (Å²) in [6.45, 7) is 9.75. The lowest BCUT2D eigenvalue weighted by Crippen LogP contribution is -2.55. The molecule has 0 radical (unpaired) electrons. The van der Waals surface area contributed by atoms with Gasteiger partial charge in [0, 0.05) is 46.4 Å². The van der Waals surface area contributed by atoms with Gasteiger partial charge in [0.1, 0.15) is 0 Å². The Morgan fingerprint density at radius 2 is 1.67 bits per heavy atom. The third-order valence-corrected chi connectivity index (χ3v) is 4.47. The molecular weight excluding hydrogens is 313 g/mol. The van der Waals surface area contributed by atoms with E-state index < -0.39 is 0 Å². The smallest absolute Gasteiger partial charge is 0.230 e. The van der Waals surface area contributed by atoms with E-state index in [1.807, 2.05) is 4.90 Å². The monoisotopic (exact) mass is 343 g/mol. The maximum Gasteiger partial charge on any atom is 0.230 e. The first-order valence-electron chi connectivity index (χ1n) is 7.34. The average molecular weight is 344 g/mol. The van der Waals surface area contributed by atoms with Gasteiger partial charge in [-0.05, 0) is 12.8 Å². The molecule has 1 aliphatic rings. The van der Waals surface area contributed by atoms with Crippen LogP contribution in [0.25, 0.3) is 0 Å². The van der Waals surface area contributed by atoms with Crippen molar-refractivity contribution in [2.75, 3.05) is 53.0 Å². The van der Waals surface area contributed by atoms with Crippen LogP contribution in [0.4, 0.5) is 0 Å². The van der Waals surface area contributed by atoms with E-state index in [1.165, 1.54) is 0 Å². The molecule has 7 heteroatoms. The van der Waals surface area contributed by atoms with Crippen molar-refractivity contribution in [1.29, 1.82) is 0 Å². The third kappa shape index (κ3) is 5.91. The van der Waals surface area contributed by atoms with E-state index in [1.54, 1.807) is 7.11 Å². The molecule has 1 fully saturated rings. The van der Waals surface area contributed by atoms with E-state index in [0.717, 1.165) is 52.2 Å². The molecule has 0 bridgehead atoms. The summed E-state index contributed by atoms with van der Waals surface area (Å²) in [4.78, 5) is 17.0.